The molecule has 102 valence electrons. The van der Waals surface area contributed by atoms with E-state index in [0.717, 1.165) is 23.6 Å². The number of imidazole rings is 1. The van der Waals surface area contributed by atoms with E-state index in [4.69, 9.17) is 4.98 Å². The second-order valence-corrected chi connectivity index (χ2v) is 4.85. The Morgan fingerprint density at radius 3 is 2.70 bits per heavy atom. The highest BCUT2D eigenvalue weighted by atomic mass is 15.1. The van der Waals surface area contributed by atoms with Crippen molar-refractivity contribution in [3.8, 4) is 0 Å². The van der Waals surface area contributed by atoms with Crippen molar-refractivity contribution in [3.63, 3.8) is 0 Å². The van der Waals surface area contributed by atoms with E-state index < -0.39 is 0 Å². The van der Waals surface area contributed by atoms with Gasteiger partial charge < -0.3 is 9.88 Å². The Morgan fingerprint density at radius 2 is 1.95 bits per heavy atom. The molecule has 0 fully saturated rings. The Balaban J connectivity index is 1.91. The van der Waals surface area contributed by atoms with E-state index in [1.54, 1.807) is 12.4 Å². The van der Waals surface area contributed by atoms with Crippen LogP contribution in [0.3, 0.4) is 0 Å². The number of aromatic nitrogens is 3. The highest BCUT2D eigenvalue weighted by Gasteiger charge is 2.09. The quantitative estimate of drug-likeness (QED) is 0.787. The number of hydrogen-bond donors (Lipinski definition) is 1. The number of pyridine rings is 1. The summed E-state index contributed by atoms with van der Waals surface area (Å²) in [6, 6.07) is 10.3. The zero-order chi connectivity index (χ0) is 13.9. The molecule has 0 atom stereocenters. The van der Waals surface area contributed by atoms with Crippen LogP contribution in [-0.4, -0.2) is 14.5 Å². The van der Waals surface area contributed by atoms with Gasteiger partial charge in [-0.1, -0.05) is 6.07 Å². The maximum absolute atomic E-state index is 4.74. The van der Waals surface area contributed by atoms with Crippen molar-refractivity contribution in [1.82, 2.24) is 14.5 Å². The molecule has 0 saturated heterocycles. The first kappa shape index (κ1) is 12.7. The van der Waals surface area contributed by atoms with E-state index in [2.05, 4.69) is 46.9 Å². The number of anilines is 1. The molecule has 2 heterocycles. The van der Waals surface area contributed by atoms with Crippen LogP contribution in [0.1, 0.15) is 18.3 Å². The summed E-state index contributed by atoms with van der Waals surface area (Å²) >= 11 is 0. The van der Waals surface area contributed by atoms with Crippen LogP contribution in [0.25, 0.3) is 11.0 Å². The van der Waals surface area contributed by atoms with Crippen LogP contribution in [0.5, 0.6) is 0 Å². The average Bonchev–Trinajstić information content (AvgIpc) is 2.82. The topological polar surface area (TPSA) is 42.7 Å². The van der Waals surface area contributed by atoms with Crippen LogP contribution >= 0.6 is 0 Å². The molecule has 1 aromatic carbocycles. The smallest absolute Gasteiger partial charge is 0.129 e. The van der Waals surface area contributed by atoms with E-state index in [9.17, 15) is 0 Å². The van der Waals surface area contributed by atoms with Crippen LogP contribution < -0.4 is 5.32 Å². The molecule has 0 aliphatic carbocycles. The SMILES string of the molecule is CCn1c(CNc2ccncc2)nc2cc(C)ccc21. The number of aryl methyl sites for hydroxylation is 2. The molecular weight excluding hydrogens is 248 g/mol. The fraction of sp³-hybridized carbons (Fsp3) is 0.250. The number of benzene rings is 1. The summed E-state index contributed by atoms with van der Waals surface area (Å²) < 4.78 is 2.25. The second kappa shape index (κ2) is 5.33. The molecule has 0 unspecified atom stereocenters. The number of nitrogens with one attached hydrogen (secondary N) is 1. The Labute approximate surface area is 118 Å². The number of fused-ring (bicyclic) bond motifs is 1. The second-order valence-electron chi connectivity index (χ2n) is 4.85. The molecule has 3 rings (SSSR count). The molecule has 2 aromatic heterocycles. The van der Waals surface area contributed by atoms with Crippen LogP contribution in [0.2, 0.25) is 0 Å². The first-order valence-corrected chi connectivity index (χ1v) is 6.87. The van der Waals surface area contributed by atoms with E-state index in [-0.39, 0.29) is 0 Å². The third-order valence-electron chi connectivity index (χ3n) is 3.43. The number of rotatable bonds is 4. The molecule has 0 amide bonds. The molecule has 4 heteroatoms. The molecule has 3 aromatic rings. The largest absolute Gasteiger partial charge is 0.378 e. The van der Waals surface area contributed by atoms with Gasteiger partial charge in [0.05, 0.1) is 17.6 Å². The van der Waals surface area contributed by atoms with Crippen molar-refractivity contribution in [2.75, 3.05) is 5.32 Å². The fourth-order valence-corrected chi connectivity index (χ4v) is 2.43. The molecule has 0 saturated carbocycles. The van der Waals surface area contributed by atoms with Gasteiger partial charge in [-0.3, -0.25) is 4.98 Å². The molecular formula is C16H18N4. The number of hydrogen-bond acceptors (Lipinski definition) is 3. The fourth-order valence-electron chi connectivity index (χ4n) is 2.43. The molecule has 0 radical (unpaired) electrons. The molecule has 0 bridgehead atoms. The van der Waals surface area contributed by atoms with Crippen LogP contribution in [0.15, 0.2) is 42.7 Å². The third-order valence-corrected chi connectivity index (χ3v) is 3.43. The summed E-state index contributed by atoms with van der Waals surface area (Å²) in [5, 5.41) is 3.39. The minimum atomic E-state index is 0.714. The summed E-state index contributed by atoms with van der Waals surface area (Å²) in [5.74, 6) is 1.06. The minimum Gasteiger partial charge on any atom is -0.378 e. The van der Waals surface area contributed by atoms with Gasteiger partial charge in [-0.2, -0.15) is 0 Å². The van der Waals surface area contributed by atoms with Gasteiger partial charge in [0.2, 0.25) is 0 Å². The number of nitrogens with zero attached hydrogens (tertiary/aromatic N) is 3. The van der Waals surface area contributed by atoms with Gasteiger partial charge in [0.15, 0.2) is 0 Å². The van der Waals surface area contributed by atoms with Gasteiger partial charge in [0, 0.05) is 24.6 Å². The van der Waals surface area contributed by atoms with Gasteiger partial charge in [-0.15, -0.1) is 0 Å². The van der Waals surface area contributed by atoms with Gasteiger partial charge in [0.1, 0.15) is 5.82 Å². The average molecular weight is 266 g/mol. The van der Waals surface area contributed by atoms with Gasteiger partial charge >= 0.3 is 0 Å². The lowest BCUT2D eigenvalue weighted by Gasteiger charge is -2.08. The lowest BCUT2D eigenvalue weighted by molar-refractivity contribution is 0.729. The summed E-state index contributed by atoms with van der Waals surface area (Å²) in [5.41, 5.74) is 4.57. The predicted molar refractivity (Wildman–Crippen MR) is 81.7 cm³/mol. The summed E-state index contributed by atoms with van der Waals surface area (Å²) in [6.45, 7) is 5.88. The molecule has 20 heavy (non-hydrogen) atoms. The van der Waals surface area contributed by atoms with Crippen molar-refractivity contribution in [1.29, 1.82) is 0 Å². The lowest BCUT2D eigenvalue weighted by Crippen LogP contribution is -2.07. The zero-order valence-electron chi connectivity index (χ0n) is 11.8. The van der Waals surface area contributed by atoms with E-state index >= 15 is 0 Å². The molecule has 4 nitrogen and oxygen atoms in total. The van der Waals surface area contributed by atoms with Crippen molar-refractivity contribution < 1.29 is 0 Å². The Morgan fingerprint density at radius 1 is 1.15 bits per heavy atom. The molecule has 0 aliphatic heterocycles. The van der Waals surface area contributed by atoms with Crippen LogP contribution in [0.4, 0.5) is 5.69 Å². The van der Waals surface area contributed by atoms with Crippen molar-refractivity contribution >= 4 is 16.7 Å². The highest BCUT2D eigenvalue weighted by Crippen LogP contribution is 2.18. The van der Waals surface area contributed by atoms with Gasteiger partial charge in [-0.05, 0) is 43.7 Å². The standard InChI is InChI=1S/C16H18N4/c1-3-20-15-5-4-12(2)10-14(15)19-16(20)11-18-13-6-8-17-9-7-13/h4-10H,3,11H2,1-2H3,(H,17,18). The minimum absolute atomic E-state index is 0.714. The van der Waals surface area contributed by atoms with Gasteiger partial charge in [0.25, 0.3) is 0 Å². The maximum Gasteiger partial charge on any atom is 0.129 e. The third kappa shape index (κ3) is 2.37. The van der Waals surface area contributed by atoms with Crippen molar-refractivity contribution in [2.24, 2.45) is 0 Å². The Bertz CT molecular complexity index is 716. The van der Waals surface area contributed by atoms with Crippen molar-refractivity contribution in [3.05, 3.63) is 54.1 Å². The molecule has 0 spiro atoms. The summed E-state index contributed by atoms with van der Waals surface area (Å²) in [7, 11) is 0. The predicted octanol–water partition coefficient (Wildman–Crippen LogP) is 3.37. The maximum atomic E-state index is 4.74. The first-order chi connectivity index (χ1) is 9.78. The monoisotopic (exact) mass is 266 g/mol. The van der Waals surface area contributed by atoms with E-state index in [1.807, 2.05) is 12.1 Å². The first-order valence-electron chi connectivity index (χ1n) is 6.87. The molecule has 1 N–H and O–H groups in total. The molecule has 0 aliphatic rings. The highest BCUT2D eigenvalue weighted by molar-refractivity contribution is 5.77. The zero-order valence-corrected chi connectivity index (χ0v) is 11.8. The van der Waals surface area contributed by atoms with Gasteiger partial charge in [-0.25, -0.2) is 4.98 Å². The van der Waals surface area contributed by atoms with Crippen molar-refractivity contribution in [2.45, 2.75) is 26.9 Å². The summed E-state index contributed by atoms with van der Waals surface area (Å²) in [4.78, 5) is 8.76. The van der Waals surface area contributed by atoms with E-state index in [1.165, 1.54) is 11.1 Å². The Hall–Kier alpha value is -2.36. The van der Waals surface area contributed by atoms with Crippen LogP contribution in [0, 0.1) is 6.92 Å². The van der Waals surface area contributed by atoms with E-state index in [0.29, 0.717) is 6.54 Å². The normalized spacial score (nSPS) is 10.9. The summed E-state index contributed by atoms with van der Waals surface area (Å²) in [6.07, 6.45) is 3.57. The Kier molecular flexibility index (Phi) is 3.37. The lowest BCUT2D eigenvalue weighted by atomic mass is 10.2. The van der Waals surface area contributed by atoms with Crippen LogP contribution in [-0.2, 0) is 13.1 Å².